The molecule has 0 aliphatic carbocycles. The van der Waals surface area contributed by atoms with Crippen LogP contribution in [0.25, 0.3) is 0 Å². The van der Waals surface area contributed by atoms with Gasteiger partial charge in [-0.15, -0.1) is 0 Å². The van der Waals surface area contributed by atoms with Crippen LogP contribution < -0.4 is 0 Å². The first-order valence-electron chi connectivity index (χ1n) is 9.34. The van der Waals surface area contributed by atoms with Crippen molar-refractivity contribution < 1.29 is 5.11 Å². The van der Waals surface area contributed by atoms with Crippen molar-refractivity contribution >= 4 is 0 Å². The van der Waals surface area contributed by atoms with E-state index in [0.717, 1.165) is 0 Å². The van der Waals surface area contributed by atoms with Gasteiger partial charge < -0.3 is 5.11 Å². The fraction of sp³-hybridized carbons (Fsp3) is 0.800. The van der Waals surface area contributed by atoms with E-state index in [1.165, 1.54) is 89.9 Å². The number of unbranched alkanes of at least 4 members (excludes halogenated alkanes) is 13. The third-order valence-corrected chi connectivity index (χ3v) is 3.96. The molecule has 0 fully saturated rings. The summed E-state index contributed by atoms with van der Waals surface area (Å²) in [6, 6.07) is 0. The van der Waals surface area contributed by atoms with E-state index in [1.807, 2.05) is 12.2 Å². The summed E-state index contributed by atoms with van der Waals surface area (Å²) in [6.45, 7) is 2.42. The second-order valence-corrected chi connectivity index (χ2v) is 6.07. The molecule has 0 bridgehead atoms. The van der Waals surface area contributed by atoms with Gasteiger partial charge >= 0.3 is 0 Å². The molecule has 0 rings (SSSR count). The molecule has 21 heavy (non-hydrogen) atoms. The Labute approximate surface area is 133 Å². The van der Waals surface area contributed by atoms with Crippen LogP contribution in [0.4, 0.5) is 0 Å². The highest BCUT2D eigenvalue weighted by Gasteiger charge is 1.93. The summed E-state index contributed by atoms with van der Waals surface area (Å²) < 4.78 is 0. The van der Waals surface area contributed by atoms with Gasteiger partial charge in [-0.1, -0.05) is 108 Å². The van der Waals surface area contributed by atoms with Gasteiger partial charge in [-0.3, -0.25) is 0 Å². The summed E-state index contributed by atoms with van der Waals surface area (Å²) in [6.07, 6.45) is 27.5. The molecule has 0 aliphatic heterocycles. The van der Waals surface area contributed by atoms with Gasteiger partial charge in [0.1, 0.15) is 0 Å². The fourth-order valence-corrected chi connectivity index (χ4v) is 2.59. The van der Waals surface area contributed by atoms with Gasteiger partial charge in [-0.05, 0) is 12.8 Å². The van der Waals surface area contributed by atoms with E-state index >= 15 is 0 Å². The Bertz CT molecular complexity index is 230. The molecule has 0 amide bonds. The standard InChI is InChI=1S/C20H38O/c1-2-3-4-5-6-7-8-9-10-11-12-13-14-15-16-17-18-19-20-21/h16-19,21H,2-15,20H2,1H3/b17-16+,19-18+. The number of rotatable bonds is 16. The summed E-state index contributed by atoms with van der Waals surface area (Å²) in [5, 5.41) is 8.57. The molecule has 0 unspecified atom stereocenters. The van der Waals surface area contributed by atoms with Gasteiger partial charge in [0, 0.05) is 0 Å². The normalized spacial score (nSPS) is 11.9. The van der Waals surface area contributed by atoms with E-state index in [-0.39, 0.29) is 6.61 Å². The van der Waals surface area contributed by atoms with Crippen LogP contribution in [-0.2, 0) is 0 Å². The smallest absolute Gasteiger partial charge is 0.0615 e. The Morgan fingerprint density at radius 2 is 1.00 bits per heavy atom. The number of allylic oxidation sites excluding steroid dienone is 3. The molecule has 0 aromatic carbocycles. The SMILES string of the molecule is CCCCCCCCCCCCCCC/C=C/C=C/CO. The Balaban J connectivity index is 3.02. The largest absolute Gasteiger partial charge is 0.392 e. The molecule has 0 saturated carbocycles. The Morgan fingerprint density at radius 3 is 1.48 bits per heavy atom. The van der Waals surface area contributed by atoms with E-state index in [4.69, 9.17) is 5.11 Å². The van der Waals surface area contributed by atoms with Gasteiger partial charge in [0.25, 0.3) is 0 Å². The predicted molar refractivity (Wildman–Crippen MR) is 95.7 cm³/mol. The molecule has 124 valence electrons. The first kappa shape index (κ1) is 20.4. The van der Waals surface area contributed by atoms with E-state index in [1.54, 1.807) is 6.08 Å². The lowest BCUT2D eigenvalue weighted by atomic mass is 10.0. The van der Waals surface area contributed by atoms with Gasteiger partial charge in [-0.25, -0.2) is 0 Å². The van der Waals surface area contributed by atoms with Crippen LogP contribution in [0.15, 0.2) is 24.3 Å². The molecule has 0 heterocycles. The average molecular weight is 295 g/mol. The van der Waals surface area contributed by atoms with Crippen LogP contribution in [0.3, 0.4) is 0 Å². The number of aliphatic hydroxyl groups is 1. The van der Waals surface area contributed by atoms with Gasteiger partial charge in [-0.2, -0.15) is 0 Å². The van der Waals surface area contributed by atoms with Crippen LogP contribution in [0.5, 0.6) is 0 Å². The maximum atomic E-state index is 8.57. The summed E-state index contributed by atoms with van der Waals surface area (Å²) in [5.41, 5.74) is 0. The summed E-state index contributed by atoms with van der Waals surface area (Å²) in [7, 11) is 0. The molecule has 0 aromatic rings. The van der Waals surface area contributed by atoms with Crippen molar-refractivity contribution in [3.63, 3.8) is 0 Å². The van der Waals surface area contributed by atoms with Gasteiger partial charge in [0.15, 0.2) is 0 Å². The molecule has 0 atom stereocenters. The lowest BCUT2D eigenvalue weighted by molar-refractivity contribution is 0.343. The highest BCUT2D eigenvalue weighted by atomic mass is 16.2. The van der Waals surface area contributed by atoms with Crippen molar-refractivity contribution in [1.82, 2.24) is 0 Å². The van der Waals surface area contributed by atoms with Gasteiger partial charge in [0.05, 0.1) is 6.61 Å². The highest BCUT2D eigenvalue weighted by molar-refractivity contribution is 5.02. The van der Waals surface area contributed by atoms with Gasteiger partial charge in [0.2, 0.25) is 0 Å². The third kappa shape index (κ3) is 19.4. The van der Waals surface area contributed by atoms with E-state index in [9.17, 15) is 0 Å². The zero-order chi connectivity index (χ0) is 15.4. The van der Waals surface area contributed by atoms with Crippen LogP contribution in [0.1, 0.15) is 96.8 Å². The number of aliphatic hydroxyl groups excluding tert-OH is 1. The Hall–Kier alpha value is -0.560. The zero-order valence-electron chi connectivity index (χ0n) is 14.4. The van der Waals surface area contributed by atoms with E-state index in [0.29, 0.717) is 0 Å². The van der Waals surface area contributed by atoms with Crippen molar-refractivity contribution in [3.8, 4) is 0 Å². The molecule has 0 aromatic heterocycles. The van der Waals surface area contributed by atoms with Crippen LogP contribution in [0, 0.1) is 0 Å². The molecular weight excluding hydrogens is 256 g/mol. The zero-order valence-corrected chi connectivity index (χ0v) is 14.4. The minimum atomic E-state index is 0.142. The molecule has 0 spiro atoms. The topological polar surface area (TPSA) is 20.2 Å². The molecule has 0 aliphatic rings. The lowest BCUT2D eigenvalue weighted by Crippen LogP contribution is -1.82. The van der Waals surface area contributed by atoms with Crippen molar-refractivity contribution in [1.29, 1.82) is 0 Å². The number of hydrogen-bond acceptors (Lipinski definition) is 1. The second kappa shape index (κ2) is 19.4. The second-order valence-electron chi connectivity index (χ2n) is 6.07. The molecule has 1 nitrogen and oxygen atoms in total. The lowest BCUT2D eigenvalue weighted by Gasteiger charge is -2.02. The molecule has 1 heteroatoms. The van der Waals surface area contributed by atoms with Crippen molar-refractivity contribution in [3.05, 3.63) is 24.3 Å². The summed E-state index contributed by atoms with van der Waals surface area (Å²) >= 11 is 0. The van der Waals surface area contributed by atoms with Crippen LogP contribution in [-0.4, -0.2) is 11.7 Å². The Morgan fingerprint density at radius 1 is 0.571 bits per heavy atom. The highest BCUT2D eigenvalue weighted by Crippen LogP contribution is 2.12. The molecular formula is C20H38O. The van der Waals surface area contributed by atoms with Crippen LogP contribution in [0.2, 0.25) is 0 Å². The minimum absolute atomic E-state index is 0.142. The molecule has 1 N–H and O–H groups in total. The maximum absolute atomic E-state index is 8.57. The summed E-state index contributed by atoms with van der Waals surface area (Å²) in [4.78, 5) is 0. The maximum Gasteiger partial charge on any atom is 0.0615 e. The average Bonchev–Trinajstić information content (AvgIpc) is 2.50. The quantitative estimate of drug-likeness (QED) is 0.252. The first-order valence-corrected chi connectivity index (χ1v) is 9.34. The number of hydrogen-bond donors (Lipinski definition) is 1. The molecule has 0 saturated heterocycles. The predicted octanol–water partition coefficient (Wildman–Crippen LogP) is 6.57. The monoisotopic (exact) mass is 294 g/mol. The Kier molecular flexibility index (Phi) is 18.9. The van der Waals surface area contributed by atoms with E-state index in [2.05, 4.69) is 13.0 Å². The van der Waals surface area contributed by atoms with Crippen molar-refractivity contribution in [2.24, 2.45) is 0 Å². The first-order chi connectivity index (χ1) is 10.4. The summed E-state index contributed by atoms with van der Waals surface area (Å²) in [5.74, 6) is 0. The fourth-order valence-electron chi connectivity index (χ4n) is 2.59. The van der Waals surface area contributed by atoms with Crippen LogP contribution >= 0.6 is 0 Å². The third-order valence-electron chi connectivity index (χ3n) is 3.96. The van der Waals surface area contributed by atoms with Crippen molar-refractivity contribution in [2.75, 3.05) is 6.61 Å². The molecule has 0 radical (unpaired) electrons. The minimum Gasteiger partial charge on any atom is -0.392 e. The van der Waals surface area contributed by atoms with E-state index < -0.39 is 0 Å². The van der Waals surface area contributed by atoms with Crippen molar-refractivity contribution in [2.45, 2.75) is 96.8 Å².